The topological polar surface area (TPSA) is 40.1 Å². The van der Waals surface area contributed by atoms with E-state index in [1.54, 1.807) is 12.1 Å². The molecule has 0 saturated heterocycles. The van der Waals surface area contributed by atoms with Crippen molar-refractivity contribution in [3.05, 3.63) is 32.7 Å². The van der Waals surface area contributed by atoms with E-state index < -0.39 is 5.97 Å². The third-order valence-corrected chi connectivity index (χ3v) is 2.19. The molecule has 0 fully saturated rings. The van der Waals surface area contributed by atoms with Crippen LogP contribution in [0.15, 0.2) is 27.1 Å². The van der Waals surface area contributed by atoms with E-state index in [-0.39, 0.29) is 57.8 Å². The largest absolute Gasteiger partial charge is 1.00 e. The minimum Gasteiger partial charge on any atom is -0.550 e. The van der Waals surface area contributed by atoms with Crippen LogP contribution in [0, 0.1) is 0 Å². The first-order chi connectivity index (χ1) is 5.58. The summed E-state index contributed by atoms with van der Waals surface area (Å²) in [5.41, 5.74) is 0.719. The van der Waals surface area contributed by atoms with Gasteiger partial charge in [-0.15, -0.1) is 0 Å². The number of carboxylic acids is 1. The van der Waals surface area contributed by atoms with Crippen LogP contribution >= 0.6 is 31.9 Å². The van der Waals surface area contributed by atoms with Crippen molar-refractivity contribution in [3.63, 3.8) is 0 Å². The first-order valence-electron chi connectivity index (χ1n) is 3.23. The molecule has 0 spiro atoms. The first-order valence-corrected chi connectivity index (χ1v) is 4.81. The molecule has 0 aromatic heterocycles. The predicted molar refractivity (Wildman–Crippen MR) is 50.6 cm³/mol. The van der Waals surface area contributed by atoms with Gasteiger partial charge in [0, 0.05) is 21.3 Å². The normalized spacial score (nSPS) is 9.08. The Morgan fingerprint density at radius 1 is 1.23 bits per heavy atom. The Labute approximate surface area is 136 Å². The van der Waals surface area contributed by atoms with E-state index in [0.29, 0.717) is 0 Å². The van der Waals surface area contributed by atoms with E-state index >= 15 is 0 Å². The van der Waals surface area contributed by atoms with E-state index in [0.717, 1.165) is 14.5 Å². The summed E-state index contributed by atoms with van der Waals surface area (Å²) in [5.74, 6) is -1.07. The molecule has 0 atom stereocenters. The number of halogens is 2. The van der Waals surface area contributed by atoms with Crippen molar-refractivity contribution in [2.24, 2.45) is 0 Å². The molecule has 64 valence electrons. The smallest absolute Gasteiger partial charge is 0.550 e. The second kappa shape index (κ2) is 6.71. The summed E-state index contributed by atoms with van der Waals surface area (Å²) in [4.78, 5) is 10.2. The fraction of sp³-hybridized carbons (Fsp3) is 0.125. The average Bonchev–Trinajstić information content (AvgIpc) is 1.81. The Kier molecular flexibility index (Phi) is 7.38. The minimum atomic E-state index is -1.07. The molecule has 1 aromatic rings. The van der Waals surface area contributed by atoms with Gasteiger partial charge in [0.15, 0.2) is 0 Å². The molecule has 0 heterocycles. The maximum Gasteiger partial charge on any atom is 1.00 e. The van der Waals surface area contributed by atoms with Crippen molar-refractivity contribution in [1.29, 1.82) is 0 Å². The molecule has 2 nitrogen and oxygen atoms in total. The molecule has 1 rings (SSSR count). The van der Waals surface area contributed by atoms with Gasteiger partial charge in [0.05, 0.1) is 0 Å². The number of aliphatic carboxylic acids is 1. The van der Waals surface area contributed by atoms with Gasteiger partial charge in [0.2, 0.25) is 0 Å². The van der Waals surface area contributed by atoms with Crippen molar-refractivity contribution in [2.75, 3.05) is 0 Å². The summed E-state index contributed by atoms with van der Waals surface area (Å²) in [6, 6.07) is 5.35. The summed E-state index contributed by atoms with van der Waals surface area (Å²) in [5, 5.41) is 10.2. The molecule has 0 radical (unpaired) electrons. The molecule has 0 amide bonds. The molecule has 13 heavy (non-hydrogen) atoms. The SMILES string of the molecule is O=C([O-])Cc1cc(Br)cc(Br)c1.[K+]. The van der Waals surface area contributed by atoms with Gasteiger partial charge in [0.1, 0.15) is 0 Å². The van der Waals surface area contributed by atoms with Crippen molar-refractivity contribution in [1.82, 2.24) is 0 Å². The van der Waals surface area contributed by atoms with Crippen LogP contribution in [-0.4, -0.2) is 5.97 Å². The van der Waals surface area contributed by atoms with E-state index in [4.69, 9.17) is 0 Å². The number of hydrogen-bond acceptors (Lipinski definition) is 2. The molecule has 0 aliphatic heterocycles. The van der Waals surface area contributed by atoms with Gasteiger partial charge in [-0.2, -0.15) is 0 Å². The zero-order valence-electron chi connectivity index (χ0n) is 7.01. The van der Waals surface area contributed by atoms with Crippen LogP contribution in [0.1, 0.15) is 5.56 Å². The van der Waals surface area contributed by atoms with Crippen LogP contribution in [-0.2, 0) is 11.2 Å². The Balaban J connectivity index is 0.00000144. The molecular weight excluding hydrogens is 327 g/mol. The molecule has 1 aromatic carbocycles. The molecule has 0 aliphatic carbocycles. The maximum absolute atomic E-state index is 10.2. The second-order valence-corrected chi connectivity index (χ2v) is 4.16. The van der Waals surface area contributed by atoms with Gasteiger partial charge < -0.3 is 9.90 Å². The van der Waals surface area contributed by atoms with Crippen molar-refractivity contribution in [2.45, 2.75) is 6.42 Å². The number of carbonyl (C=O) groups is 1. The van der Waals surface area contributed by atoms with E-state index in [1.165, 1.54) is 0 Å². The van der Waals surface area contributed by atoms with Gasteiger partial charge in [-0.3, -0.25) is 0 Å². The molecule has 0 saturated carbocycles. The monoisotopic (exact) mass is 330 g/mol. The van der Waals surface area contributed by atoms with Crippen LogP contribution in [0.25, 0.3) is 0 Å². The number of hydrogen-bond donors (Lipinski definition) is 0. The van der Waals surface area contributed by atoms with Gasteiger partial charge in [0.25, 0.3) is 0 Å². The Morgan fingerprint density at radius 3 is 2.08 bits per heavy atom. The fourth-order valence-electron chi connectivity index (χ4n) is 0.880. The van der Waals surface area contributed by atoms with E-state index in [2.05, 4.69) is 31.9 Å². The number of carbonyl (C=O) groups excluding carboxylic acids is 1. The quantitative estimate of drug-likeness (QED) is 0.619. The Morgan fingerprint density at radius 2 is 1.69 bits per heavy atom. The van der Waals surface area contributed by atoms with Gasteiger partial charge in [-0.1, -0.05) is 31.9 Å². The Bertz CT molecular complexity index is 295. The molecule has 0 unspecified atom stereocenters. The summed E-state index contributed by atoms with van der Waals surface area (Å²) >= 11 is 6.52. The molecule has 0 N–H and O–H groups in total. The van der Waals surface area contributed by atoms with E-state index in [1.807, 2.05) is 6.07 Å². The van der Waals surface area contributed by atoms with Gasteiger partial charge >= 0.3 is 51.4 Å². The Hall–Kier alpha value is 1.29. The average molecular weight is 332 g/mol. The summed E-state index contributed by atoms with van der Waals surface area (Å²) < 4.78 is 1.71. The van der Waals surface area contributed by atoms with Crippen LogP contribution < -0.4 is 56.5 Å². The second-order valence-electron chi connectivity index (χ2n) is 2.33. The van der Waals surface area contributed by atoms with Crippen molar-refractivity contribution >= 4 is 37.8 Å². The van der Waals surface area contributed by atoms with Crippen LogP contribution in [0.4, 0.5) is 0 Å². The third-order valence-electron chi connectivity index (χ3n) is 1.27. The summed E-state index contributed by atoms with van der Waals surface area (Å²) in [6.07, 6.45) is -0.0575. The van der Waals surface area contributed by atoms with Crippen LogP contribution in [0.2, 0.25) is 0 Å². The number of carboxylic acid groups (broad SMARTS) is 1. The third kappa shape index (κ3) is 5.66. The number of benzene rings is 1. The first kappa shape index (κ1) is 14.3. The number of rotatable bonds is 2. The van der Waals surface area contributed by atoms with Crippen LogP contribution in [0.5, 0.6) is 0 Å². The molecular formula is C8H5Br2KO2. The standard InChI is InChI=1S/C8H6Br2O2.K/c9-6-1-5(3-8(11)12)2-7(10)4-6;/h1-2,4H,3H2,(H,11,12);/q;+1/p-1. The van der Waals surface area contributed by atoms with E-state index in [9.17, 15) is 9.90 Å². The van der Waals surface area contributed by atoms with Crippen molar-refractivity contribution < 1.29 is 61.3 Å². The van der Waals surface area contributed by atoms with Crippen LogP contribution in [0.3, 0.4) is 0 Å². The van der Waals surface area contributed by atoms with Crippen molar-refractivity contribution in [3.8, 4) is 0 Å². The zero-order chi connectivity index (χ0) is 9.14. The molecule has 0 bridgehead atoms. The van der Waals surface area contributed by atoms with Gasteiger partial charge in [-0.05, 0) is 23.8 Å². The minimum absolute atomic E-state index is 0. The molecule has 5 heteroatoms. The fourth-order valence-corrected chi connectivity index (χ4v) is 2.27. The summed E-state index contributed by atoms with van der Waals surface area (Å²) in [6.45, 7) is 0. The predicted octanol–water partition coefficient (Wildman–Crippen LogP) is -1.49. The molecule has 0 aliphatic rings. The van der Waals surface area contributed by atoms with Gasteiger partial charge in [-0.25, -0.2) is 0 Å². The maximum atomic E-state index is 10.2. The zero-order valence-corrected chi connectivity index (χ0v) is 13.3. The summed E-state index contributed by atoms with van der Waals surface area (Å²) in [7, 11) is 0.